The lowest BCUT2D eigenvalue weighted by Crippen LogP contribution is -2.15. The van der Waals surface area contributed by atoms with E-state index in [1.807, 2.05) is 25.1 Å². The van der Waals surface area contributed by atoms with Crippen molar-refractivity contribution in [2.45, 2.75) is 4.90 Å². The van der Waals surface area contributed by atoms with Gasteiger partial charge < -0.3 is 10.6 Å². The van der Waals surface area contributed by atoms with Crippen molar-refractivity contribution < 1.29 is 8.42 Å². The van der Waals surface area contributed by atoms with Crippen LogP contribution in [0.25, 0.3) is 0 Å². The highest BCUT2D eigenvalue weighted by Gasteiger charge is 2.18. The number of nitrogens with two attached hydrogens (primary N) is 1. The average molecular weight is 326 g/mol. The van der Waals surface area contributed by atoms with Crippen LogP contribution in [0.5, 0.6) is 0 Å². The van der Waals surface area contributed by atoms with Crippen LogP contribution in [0.15, 0.2) is 47.4 Å². The molecule has 0 fully saturated rings. The van der Waals surface area contributed by atoms with Gasteiger partial charge in [0.1, 0.15) is 4.90 Å². The average Bonchev–Trinajstić information content (AvgIpc) is 2.41. The van der Waals surface area contributed by atoms with Gasteiger partial charge in [-0.2, -0.15) is 0 Å². The molecule has 0 saturated carbocycles. The molecular weight excluding hydrogens is 310 g/mol. The Labute approximate surface area is 129 Å². The lowest BCUT2D eigenvalue weighted by Gasteiger charge is -2.15. The maximum Gasteiger partial charge on any atom is 0.263 e. The summed E-state index contributed by atoms with van der Waals surface area (Å²) in [7, 11) is -0.0318. The molecule has 21 heavy (non-hydrogen) atoms. The fourth-order valence-electron chi connectivity index (χ4n) is 1.80. The molecule has 0 spiro atoms. The molecule has 5 nitrogen and oxygen atoms in total. The van der Waals surface area contributed by atoms with Gasteiger partial charge in [-0.3, -0.25) is 4.72 Å². The van der Waals surface area contributed by atoms with Gasteiger partial charge in [0.15, 0.2) is 0 Å². The Kier molecular flexibility index (Phi) is 4.29. The van der Waals surface area contributed by atoms with Gasteiger partial charge in [-0.1, -0.05) is 17.7 Å². The molecule has 0 amide bonds. The normalized spacial score (nSPS) is 11.2. The lowest BCUT2D eigenvalue weighted by atomic mass is 10.3. The van der Waals surface area contributed by atoms with Crippen LogP contribution >= 0.6 is 11.6 Å². The van der Waals surface area contributed by atoms with Gasteiger partial charge in [0.05, 0.1) is 11.4 Å². The second-order valence-electron chi connectivity index (χ2n) is 4.73. The van der Waals surface area contributed by atoms with E-state index in [0.717, 1.165) is 5.69 Å². The summed E-state index contributed by atoms with van der Waals surface area (Å²) in [4.78, 5) is 1.84. The van der Waals surface area contributed by atoms with Crippen LogP contribution in [0.3, 0.4) is 0 Å². The first-order chi connectivity index (χ1) is 9.79. The van der Waals surface area contributed by atoms with Crippen molar-refractivity contribution in [1.82, 2.24) is 0 Å². The molecule has 0 saturated heterocycles. The quantitative estimate of drug-likeness (QED) is 0.848. The number of sulfonamides is 1. The van der Waals surface area contributed by atoms with Crippen LogP contribution in [0.2, 0.25) is 5.02 Å². The summed E-state index contributed by atoms with van der Waals surface area (Å²) in [5.41, 5.74) is 7.21. The minimum Gasteiger partial charge on any atom is -0.398 e. The maximum atomic E-state index is 12.4. The third-order valence-electron chi connectivity index (χ3n) is 2.88. The first kappa shape index (κ1) is 15.5. The summed E-state index contributed by atoms with van der Waals surface area (Å²) in [6.45, 7) is 0. The molecule has 2 aromatic carbocycles. The van der Waals surface area contributed by atoms with E-state index in [9.17, 15) is 8.42 Å². The van der Waals surface area contributed by atoms with Crippen molar-refractivity contribution >= 4 is 38.7 Å². The van der Waals surface area contributed by atoms with Gasteiger partial charge in [0.2, 0.25) is 0 Å². The molecule has 0 aliphatic heterocycles. The van der Waals surface area contributed by atoms with E-state index < -0.39 is 10.0 Å². The van der Waals surface area contributed by atoms with E-state index in [0.29, 0.717) is 10.7 Å². The van der Waals surface area contributed by atoms with Gasteiger partial charge in [0.25, 0.3) is 10.0 Å². The molecule has 0 atom stereocenters. The molecule has 0 aliphatic rings. The highest BCUT2D eigenvalue weighted by molar-refractivity contribution is 7.92. The van der Waals surface area contributed by atoms with Crippen molar-refractivity contribution in [3.63, 3.8) is 0 Å². The third-order valence-corrected chi connectivity index (χ3v) is 4.55. The fraction of sp³-hybridized carbons (Fsp3) is 0.143. The fourth-order valence-corrected chi connectivity index (χ4v) is 3.24. The standard InChI is InChI=1S/C14H16ClN3O2S/c1-18(2)12-5-3-4-11(9-12)17-21(19,20)14-8-10(15)6-7-13(14)16/h3-9,17H,16H2,1-2H3. The Bertz CT molecular complexity index is 761. The molecule has 0 aromatic heterocycles. The molecule has 0 bridgehead atoms. The van der Waals surface area contributed by atoms with Crippen molar-refractivity contribution in [3.05, 3.63) is 47.5 Å². The van der Waals surface area contributed by atoms with Gasteiger partial charge in [-0.05, 0) is 36.4 Å². The van der Waals surface area contributed by atoms with E-state index >= 15 is 0 Å². The number of anilines is 3. The van der Waals surface area contributed by atoms with E-state index in [1.165, 1.54) is 12.1 Å². The highest BCUT2D eigenvalue weighted by Crippen LogP contribution is 2.26. The van der Waals surface area contributed by atoms with Crippen LogP contribution in [0, 0.1) is 0 Å². The summed E-state index contributed by atoms with van der Waals surface area (Å²) in [6.07, 6.45) is 0. The zero-order valence-electron chi connectivity index (χ0n) is 11.7. The van der Waals surface area contributed by atoms with E-state index in [4.69, 9.17) is 17.3 Å². The second-order valence-corrected chi connectivity index (χ2v) is 6.82. The molecule has 2 rings (SSSR count). The summed E-state index contributed by atoms with van der Waals surface area (Å²) in [5, 5.41) is 0.312. The molecule has 112 valence electrons. The Morgan fingerprint density at radius 1 is 1.14 bits per heavy atom. The van der Waals surface area contributed by atoms with Crippen LogP contribution in [0.4, 0.5) is 17.1 Å². The summed E-state index contributed by atoms with van der Waals surface area (Å²) in [5.74, 6) is 0. The lowest BCUT2D eigenvalue weighted by molar-refractivity contribution is 0.601. The van der Waals surface area contributed by atoms with Crippen molar-refractivity contribution in [2.75, 3.05) is 29.5 Å². The smallest absolute Gasteiger partial charge is 0.263 e. The Balaban J connectivity index is 2.37. The number of halogens is 1. The zero-order chi connectivity index (χ0) is 15.6. The molecule has 3 N–H and O–H groups in total. The van der Waals surface area contributed by atoms with Crippen molar-refractivity contribution in [3.8, 4) is 0 Å². The Hall–Kier alpha value is -1.92. The first-order valence-electron chi connectivity index (χ1n) is 6.15. The minimum absolute atomic E-state index is 0.0368. The SMILES string of the molecule is CN(C)c1cccc(NS(=O)(=O)c2cc(Cl)ccc2N)c1. The van der Waals surface area contributed by atoms with Gasteiger partial charge in [-0.25, -0.2) is 8.42 Å². The van der Waals surface area contributed by atoms with Crippen LogP contribution in [-0.4, -0.2) is 22.5 Å². The van der Waals surface area contributed by atoms with E-state index in [2.05, 4.69) is 4.72 Å². The zero-order valence-corrected chi connectivity index (χ0v) is 13.2. The largest absolute Gasteiger partial charge is 0.398 e. The number of rotatable bonds is 4. The molecule has 0 unspecified atom stereocenters. The summed E-state index contributed by atoms with van der Waals surface area (Å²) in [6, 6.07) is 11.4. The number of hydrogen-bond acceptors (Lipinski definition) is 4. The monoisotopic (exact) mass is 325 g/mol. The molecule has 2 aromatic rings. The Morgan fingerprint density at radius 2 is 1.86 bits per heavy atom. The maximum absolute atomic E-state index is 12.4. The molecule has 0 aliphatic carbocycles. The van der Waals surface area contributed by atoms with Crippen molar-refractivity contribution in [1.29, 1.82) is 0 Å². The number of nitrogens with one attached hydrogen (secondary N) is 1. The van der Waals surface area contributed by atoms with Crippen LogP contribution in [-0.2, 0) is 10.0 Å². The number of nitrogens with zero attached hydrogens (tertiary/aromatic N) is 1. The highest BCUT2D eigenvalue weighted by atomic mass is 35.5. The predicted octanol–water partition coefficient (Wildman–Crippen LogP) is 2.79. The number of hydrogen-bond donors (Lipinski definition) is 2. The van der Waals surface area contributed by atoms with Gasteiger partial charge >= 0.3 is 0 Å². The minimum atomic E-state index is -3.79. The van der Waals surface area contributed by atoms with Gasteiger partial charge in [-0.15, -0.1) is 0 Å². The molecule has 0 radical (unpaired) electrons. The molecular formula is C14H16ClN3O2S. The second kappa shape index (κ2) is 5.83. The van der Waals surface area contributed by atoms with Crippen molar-refractivity contribution in [2.24, 2.45) is 0 Å². The van der Waals surface area contributed by atoms with Crippen LogP contribution in [0.1, 0.15) is 0 Å². The predicted molar refractivity (Wildman–Crippen MR) is 87.4 cm³/mol. The third kappa shape index (κ3) is 3.59. The van der Waals surface area contributed by atoms with Crippen LogP contribution < -0.4 is 15.4 Å². The number of nitrogen functional groups attached to an aromatic ring is 1. The van der Waals surface area contributed by atoms with Gasteiger partial charge in [0, 0.05) is 24.8 Å². The number of benzene rings is 2. The Morgan fingerprint density at radius 3 is 2.52 bits per heavy atom. The van der Waals surface area contributed by atoms with E-state index in [-0.39, 0.29) is 10.6 Å². The molecule has 7 heteroatoms. The topological polar surface area (TPSA) is 75.4 Å². The summed E-state index contributed by atoms with van der Waals surface area (Å²) < 4.78 is 27.3. The van der Waals surface area contributed by atoms with E-state index in [1.54, 1.807) is 24.3 Å². The summed E-state index contributed by atoms with van der Waals surface area (Å²) >= 11 is 5.84. The first-order valence-corrected chi connectivity index (χ1v) is 8.01. The molecule has 0 heterocycles.